The van der Waals surface area contributed by atoms with Gasteiger partial charge >= 0.3 is 0 Å². The Morgan fingerprint density at radius 2 is 2.18 bits per heavy atom. The standard InChI is InChI=1S/C13H21ClN2O/c1-3-7-15-13(10-17-8-4-2)12-6-5-11(14)9-16-12/h5-6,9,13,15H,3-4,7-8,10H2,1-2H3. The Morgan fingerprint density at radius 1 is 1.35 bits per heavy atom. The third-order valence-electron chi connectivity index (χ3n) is 2.38. The molecule has 0 aliphatic heterocycles. The predicted octanol–water partition coefficient (Wildman–Crippen LogP) is 3.20. The summed E-state index contributed by atoms with van der Waals surface area (Å²) in [6, 6.07) is 3.97. The number of aromatic nitrogens is 1. The van der Waals surface area contributed by atoms with Gasteiger partial charge in [0.15, 0.2) is 0 Å². The van der Waals surface area contributed by atoms with E-state index in [9.17, 15) is 0 Å². The third kappa shape index (κ3) is 5.48. The second-order valence-electron chi connectivity index (χ2n) is 3.98. The fraction of sp³-hybridized carbons (Fsp3) is 0.615. The number of rotatable bonds is 8. The van der Waals surface area contributed by atoms with Gasteiger partial charge in [0.2, 0.25) is 0 Å². The van der Waals surface area contributed by atoms with Crippen LogP contribution in [0.5, 0.6) is 0 Å². The lowest BCUT2D eigenvalue weighted by Gasteiger charge is -2.18. The first-order valence-corrected chi connectivity index (χ1v) is 6.58. The quantitative estimate of drug-likeness (QED) is 0.726. The van der Waals surface area contributed by atoms with Crippen LogP contribution in [-0.2, 0) is 4.74 Å². The van der Waals surface area contributed by atoms with Gasteiger partial charge < -0.3 is 10.1 Å². The van der Waals surface area contributed by atoms with Gasteiger partial charge in [0.05, 0.1) is 23.4 Å². The van der Waals surface area contributed by atoms with Gasteiger partial charge in [0, 0.05) is 12.8 Å². The fourth-order valence-corrected chi connectivity index (χ4v) is 1.62. The molecule has 4 heteroatoms. The van der Waals surface area contributed by atoms with Crippen molar-refractivity contribution in [1.29, 1.82) is 0 Å². The molecule has 0 aliphatic rings. The van der Waals surface area contributed by atoms with Crippen LogP contribution in [0.1, 0.15) is 38.4 Å². The first-order chi connectivity index (χ1) is 8.27. The highest BCUT2D eigenvalue weighted by Gasteiger charge is 2.11. The molecule has 1 heterocycles. The van der Waals surface area contributed by atoms with Gasteiger partial charge in [-0.1, -0.05) is 25.4 Å². The summed E-state index contributed by atoms with van der Waals surface area (Å²) in [5.74, 6) is 0. The first-order valence-electron chi connectivity index (χ1n) is 6.20. The zero-order chi connectivity index (χ0) is 12.5. The summed E-state index contributed by atoms with van der Waals surface area (Å²) in [6.07, 6.45) is 3.81. The first kappa shape index (κ1) is 14.4. The average Bonchev–Trinajstić information content (AvgIpc) is 2.35. The molecule has 0 spiro atoms. The van der Waals surface area contributed by atoms with Crippen molar-refractivity contribution in [2.45, 2.75) is 32.7 Å². The largest absolute Gasteiger partial charge is 0.379 e. The minimum Gasteiger partial charge on any atom is -0.379 e. The maximum Gasteiger partial charge on any atom is 0.0732 e. The van der Waals surface area contributed by atoms with Crippen molar-refractivity contribution >= 4 is 11.6 Å². The Hall–Kier alpha value is -0.640. The molecule has 0 radical (unpaired) electrons. The third-order valence-corrected chi connectivity index (χ3v) is 2.60. The topological polar surface area (TPSA) is 34.1 Å². The number of pyridine rings is 1. The lowest BCUT2D eigenvalue weighted by Crippen LogP contribution is -2.27. The smallest absolute Gasteiger partial charge is 0.0732 e. The van der Waals surface area contributed by atoms with Crippen LogP contribution in [0.4, 0.5) is 0 Å². The van der Waals surface area contributed by atoms with Crippen molar-refractivity contribution in [3.63, 3.8) is 0 Å². The molecular formula is C13H21ClN2O. The van der Waals surface area contributed by atoms with Crippen molar-refractivity contribution in [3.05, 3.63) is 29.0 Å². The molecule has 0 saturated heterocycles. The van der Waals surface area contributed by atoms with Gasteiger partial charge in [0.1, 0.15) is 0 Å². The Balaban J connectivity index is 2.57. The molecule has 17 heavy (non-hydrogen) atoms. The summed E-state index contributed by atoms with van der Waals surface area (Å²) in [7, 11) is 0. The van der Waals surface area contributed by atoms with Gasteiger partial charge in [0.25, 0.3) is 0 Å². The Kier molecular flexibility index (Phi) is 7.17. The van der Waals surface area contributed by atoms with Crippen molar-refractivity contribution in [3.8, 4) is 0 Å². The van der Waals surface area contributed by atoms with Gasteiger partial charge in [-0.15, -0.1) is 0 Å². The van der Waals surface area contributed by atoms with E-state index < -0.39 is 0 Å². The van der Waals surface area contributed by atoms with E-state index in [0.717, 1.165) is 31.7 Å². The van der Waals surface area contributed by atoms with Gasteiger partial charge in [-0.05, 0) is 31.5 Å². The van der Waals surface area contributed by atoms with E-state index in [1.165, 1.54) is 0 Å². The lowest BCUT2D eigenvalue weighted by molar-refractivity contribution is 0.111. The summed E-state index contributed by atoms with van der Waals surface area (Å²) >= 11 is 5.83. The molecule has 0 bridgehead atoms. The van der Waals surface area contributed by atoms with E-state index in [2.05, 4.69) is 24.1 Å². The molecule has 0 aromatic carbocycles. The number of hydrogen-bond donors (Lipinski definition) is 1. The van der Waals surface area contributed by atoms with Crippen LogP contribution in [0.25, 0.3) is 0 Å². The highest BCUT2D eigenvalue weighted by atomic mass is 35.5. The summed E-state index contributed by atoms with van der Waals surface area (Å²) in [5, 5.41) is 4.10. The highest BCUT2D eigenvalue weighted by Crippen LogP contribution is 2.14. The Bertz CT molecular complexity index is 303. The molecule has 1 unspecified atom stereocenters. The van der Waals surface area contributed by atoms with Crippen LogP contribution < -0.4 is 5.32 Å². The van der Waals surface area contributed by atoms with Crippen LogP contribution >= 0.6 is 11.6 Å². The molecule has 96 valence electrons. The molecule has 0 fully saturated rings. The molecule has 1 atom stereocenters. The fourth-order valence-electron chi connectivity index (χ4n) is 1.51. The maximum atomic E-state index is 5.83. The summed E-state index contributed by atoms with van der Waals surface area (Å²) < 4.78 is 5.59. The number of nitrogens with one attached hydrogen (secondary N) is 1. The van der Waals surface area contributed by atoms with Crippen LogP contribution in [0.2, 0.25) is 5.02 Å². The van der Waals surface area contributed by atoms with Crippen LogP contribution in [0.15, 0.2) is 18.3 Å². The molecule has 1 N–H and O–H groups in total. The molecule has 1 aromatic heterocycles. The van der Waals surface area contributed by atoms with Crippen molar-refractivity contribution in [2.24, 2.45) is 0 Å². The van der Waals surface area contributed by atoms with Crippen molar-refractivity contribution < 1.29 is 4.74 Å². The highest BCUT2D eigenvalue weighted by molar-refractivity contribution is 6.30. The molecule has 0 aliphatic carbocycles. The molecule has 1 rings (SSSR count). The molecule has 1 aromatic rings. The molecule has 0 saturated carbocycles. The zero-order valence-corrected chi connectivity index (χ0v) is 11.3. The Morgan fingerprint density at radius 3 is 2.76 bits per heavy atom. The number of halogens is 1. The summed E-state index contributed by atoms with van der Waals surface area (Å²) in [4.78, 5) is 4.34. The normalized spacial score (nSPS) is 12.6. The number of nitrogens with zero attached hydrogens (tertiary/aromatic N) is 1. The van der Waals surface area contributed by atoms with Crippen LogP contribution in [0, 0.1) is 0 Å². The minimum atomic E-state index is 0.152. The van der Waals surface area contributed by atoms with E-state index in [1.54, 1.807) is 6.20 Å². The van der Waals surface area contributed by atoms with Crippen molar-refractivity contribution in [1.82, 2.24) is 10.3 Å². The van der Waals surface area contributed by atoms with Gasteiger partial charge in [-0.2, -0.15) is 0 Å². The van der Waals surface area contributed by atoms with Gasteiger partial charge in [-0.25, -0.2) is 0 Å². The van der Waals surface area contributed by atoms with E-state index in [0.29, 0.717) is 11.6 Å². The van der Waals surface area contributed by atoms with E-state index in [1.807, 2.05) is 12.1 Å². The zero-order valence-electron chi connectivity index (χ0n) is 10.6. The van der Waals surface area contributed by atoms with Gasteiger partial charge in [-0.3, -0.25) is 4.98 Å². The minimum absolute atomic E-state index is 0.152. The maximum absolute atomic E-state index is 5.83. The molecule has 3 nitrogen and oxygen atoms in total. The van der Waals surface area contributed by atoms with E-state index in [-0.39, 0.29) is 6.04 Å². The van der Waals surface area contributed by atoms with E-state index >= 15 is 0 Å². The lowest BCUT2D eigenvalue weighted by atomic mass is 10.2. The second kappa shape index (κ2) is 8.45. The van der Waals surface area contributed by atoms with Crippen LogP contribution in [0.3, 0.4) is 0 Å². The number of hydrogen-bond acceptors (Lipinski definition) is 3. The second-order valence-corrected chi connectivity index (χ2v) is 4.42. The Labute approximate surface area is 109 Å². The average molecular weight is 257 g/mol. The predicted molar refractivity (Wildman–Crippen MR) is 71.4 cm³/mol. The molecular weight excluding hydrogens is 236 g/mol. The molecule has 0 amide bonds. The van der Waals surface area contributed by atoms with Crippen LogP contribution in [-0.4, -0.2) is 24.7 Å². The van der Waals surface area contributed by atoms with Crippen molar-refractivity contribution in [2.75, 3.05) is 19.8 Å². The summed E-state index contributed by atoms with van der Waals surface area (Å²) in [6.45, 7) is 6.66. The summed E-state index contributed by atoms with van der Waals surface area (Å²) in [5.41, 5.74) is 0.985. The SMILES string of the molecule is CCCNC(COCCC)c1ccc(Cl)cn1. The number of ether oxygens (including phenoxy) is 1. The van der Waals surface area contributed by atoms with E-state index in [4.69, 9.17) is 16.3 Å². The monoisotopic (exact) mass is 256 g/mol.